The van der Waals surface area contributed by atoms with Crippen LogP contribution in [0.25, 0.3) is 6.08 Å². The maximum Gasteiger partial charge on any atom is 0.189 e. The fourth-order valence-electron chi connectivity index (χ4n) is 1.35. The van der Waals surface area contributed by atoms with Crippen LogP contribution in [-0.2, 0) is 14.1 Å². The summed E-state index contributed by atoms with van der Waals surface area (Å²) in [5.41, 5.74) is 1.47. The molecule has 0 bridgehead atoms. The molecule has 5 heteroatoms. The van der Waals surface area contributed by atoms with Crippen LogP contribution in [0, 0.1) is 0 Å². The highest BCUT2D eigenvalue weighted by molar-refractivity contribution is 6.06. The van der Waals surface area contributed by atoms with Crippen LogP contribution in [0.2, 0.25) is 0 Å². The molecule has 0 aliphatic carbocycles. The molecule has 0 aromatic carbocycles. The van der Waals surface area contributed by atoms with Gasteiger partial charge in [0.05, 0.1) is 17.5 Å². The Morgan fingerprint density at radius 2 is 2.19 bits per heavy atom. The first kappa shape index (κ1) is 10.4. The van der Waals surface area contributed by atoms with Crippen LogP contribution in [-0.4, -0.2) is 25.3 Å². The number of nitrogens with zero attached hydrogens (tertiary/aromatic N) is 4. The Morgan fingerprint density at radius 1 is 1.38 bits per heavy atom. The van der Waals surface area contributed by atoms with Crippen molar-refractivity contribution < 1.29 is 4.79 Å². The average molecular weight is 216 g/mol. The number of ketones is 1. The lowest BCUT2D eigenvalue weighted by Crippen LogP contribution is -1.95. The van der Waals surface area contributed by atoms with Crippen LogP contribution < -0.4 is 0 Å². The molecular weight excluding hydrogens is 204 g/mol. The molecule has 0 aliphatic heterocycles. The number of hydrogen-bond acceptors (Lipinski definition) is 3. The second-order valence-electron chi connectivity index (χ2n) is 3.48. The van der Waals surface area contributed by atoms with Gasteiger partial charge in [-0.05, 0) is 18.2 Å². The standard InChI is InChI=1S/C11H12N4O/c1-14-8-9(7-13-14)11(16)4-3-10-5-6-12-15(10)2/h3-8H,1-2H3/b4-3+. The molecule has 2 heterocycles. The zero-order valence-corrected chi connectivity index (χ0v) is 9.16. The van der Waals surface area contributed by atoms with Crippen molar-refractivity contribution in [2.75, 3.05) is 0 Å². The fraction of sp³-hybridized carbons (Fsp3) is 0.182. The van der Waals surface area contributed by atoms with E-state index in [0.29, 0.717) is 5.56 Å². The molecule has 82 valence electrons. The minimum atomic E-state index is -0.0608. The van der Waals surface area contributed by atoms with Crippen LogP contribution in [0.3, 0.4) is 0 Å². The monoisotopic (exact) mass is 216 g/mol. The summed E-state index contributed by atoms with van der Waals surface area (Å²) in [5, 5.41) is 7.95. The van der Waals surface area contributed by atoms with E-state index >= 15 is 0 Å². The van der Waals surface area contributed by atoms with Crippen molar-refractivity contribution >= 4 is 11.9 Å². The lowest BCUT2D eigenvalue weighted by Gasteiger charge is -1.92. The minimum absolute atomic E-state index is 0.0608. The van der Waals surface area contributed by atoms with Crippen molar-refractivity contribution in [3.63, 3.8) is 0 Å². The van der Waals surface area contributed by atoms with E-state index in [4.69, 9.17) is 0 Å². The van der Waals surface area contributed by atoms with Gasteiger partial charge in [0.15, 0.2) is 5.78 Å². The Morgan fingerprint density at radius 3 is 2.75 bits per heavy atom. The highest BCUT2D eigenvalue weighted by Gasteiger charge is 2.03. The Hall–Kier alpha value is -2.17. The number of aromatic nitrogens is 4. The fourth-order valence-corrected chi connectivity index (χ4v) is 1.35. The molecule has 0 atom stereocenters. The van der Waals surface area contributed by atoms with Gasteiger partial charge in [0, 0.05) is 26.5 Å². The molecule has 0 fully saturated rings. The number of hydrogen-bond donors (Lipinski definition) is 0. The highest BCUT2D eigenvalue weighted by Crippen LogP contribution is 2.03. The first-order valence-electron chi connectivity index (χ1n) is 4.86. The summed E-state index contributed by atoms with van der Waals surface area (Å²) in [6, 6.07) is 1.84. The molecule has 2 rings (SSSR count). The maximum atomic E-state index is 11.7. The Labute approximate surface area is 93.0 Å². The van der Waals surface area contributed by atoms with Gasteiger partial charge in [-0.25, -0.2) is 0 Å². The van der Waals surface area contributed by atoms with Gasteiger partial charge in [0.2, 0.25) is 0 Å². The Bertz CT molecular complexity index is 536. The van der Waals surface area contributed by atoms with E-state index in [2.05, 4.69) is 10.2 Å². The summed E-state index contributed by atoms with van der Waals surface area (Å²) < 4.78 is 3.30. The number of carbonyl (C=O) groups excluding carboxylic acids is 1. The molecular formula is C11H12N4O. The van der Waals surface area contributed by atoms with Gasteiger partial charge in [-0.1, -0.05) is 0 Å². The van der Waals surface area contributed by atoms with E-state index in [0.717, 1.165) is 5.69 Å². The maximum absolute atomic E-state index is 11.7. The summed E-state index contributed by atoms with van der Waals surface area (Å²) in [5.74, 6) is -0.0608. The molecule has 5 nitrogen and oxygen atoms in total. The number of carbonyl (C=O) groups is 1. The second kappa shape index (κ2) is 4.14. The Balaban J connectivity index is 2.14. The van der Waals surface area contributed by atoms with Gasteiger partial charge in [-0.2, -0.15) is 10.2 Å². The van der Waals surface area contributed by atoms with E-state index in [1.54, 1.807) is 41.1 Å². The largest absolute Gasteiger partial charge is 0.289 e. The average Bonchev–Trinajstić information content (AvgIpc) is 2.84. The van der Waals surface area contributed by atoms with E-state index in [-0.39, 0.29) is 5.78 Å². The highest BCUT2D eigenvalue weighted by atomic mass is 16.1. The van der Waals surface area contributed by atoms with Crippen molar-refractivity contribution in [3.8, 4) is 0 Å². The van der Waals surface area contributed by atoms with Crippen molar-refractivity contribution in [1.29, 1.82) is 0 Å². The molecule has 0 N–H and O–H groups in total. The topological polar surface area (TPSA) is 52.7 Å². The van der Waals surface area contributed by atoms with Gasteiger partial charge in [-0.15, -0.1) is 0 Å². The predicted molar refractivity (Wildman–Crippen MR) is 59.8 cm³/mol. The smallest absolute Gasteiger partial charge is 0.189 e. The van der Waals surface area contributed by atoms with Crippen molar-refractivity contribution in [2.45, 2.75) is 0 Å². The van der Waals surface area contributed by atoms with Crippen molar-refractivity contribution in [3.05, 3.63) is 42.0 Å². The predicted octanol–water partition coefficient (Wildman–Crippen LogP) is 1.05. The van der Waals surface area contributed by atoms with Gasteiger partial charge < -0.3 is 0 Å². The molecule has 0 aliphatic rings. The number of rotatable bonds is 3. The first-order valence-corrected chi connectivity index (χ1v) is 4.86. The van der Waals surface area contributed by atoms with Crippen LogP contribution >= 0.6 is 0 Å². The molecule has 0 saturated heterocycles. The SMILES string of the molecule is Cn1cc(C(=O)/C=C/c2ccnn2C)cn1. The Kier molecular flexibility index (Phi) is 2.68. The zero-order chi connectivity index (χ0) is 11.5. The first-order chi connectivity index (χ1) is 7.66. The van der Waals surface area contributed by atoms with E-state index < -0.39 is 0 Å². The molecule has 0 saturated carbocycles. The third kappa shape index (κ3) is 2.08. The molecule has 16 heavy (non-hydrogen) atoms. The molecule has 2 aromatic heterocycles. The van der Waals surface area contributed by atoms with Crippen LogP contribution in [0.1, 0.15) is 16.1 Å². The van der Waals surface area contributed by atoms with E-state index in [1.807, 2.05) is 13.1 Å². The lowest BCUT2D eigenvalue weighted by molar-refractivity contribution is 0.104. The van der Waals surface area contributed by atoms with Gasteiger partial charge in [0.25, 0.3) is 0 Å². The summed E-state index contributed by atoms with van der Waals surface area (Å²) in [4.78, 5) is 11.7. The van der Waals surface area contributed by atoms with Crippen molar-refractivity contribution in [2.24, 2.45) is 14.1 Å². The molecule has 0 radical (unpaired) electrons. The van der Waals surface area contributed by atoms with E-state index in [1.165, 1.54) is 6.08 Å². The van der Waals surface area contributed by atoms with E-state index in [9.17, 15) is 4.79 Å². The third-order valence-corrected chi connectivity index (χ3v) is 2.25. The third-order valence-electron chi connectivity index (χ3n) is 2.25. The van der Waals surface area contributed by atoms with Gasteiger partial charge >= 0.3 is 0 Å². The lowest BCUT2D eigenvalue weighted by atomic mass is 10.2. The second-order valence-corrected chi connectivity index (χ2v) is 3.48. The quantitative estimate of drug-likeness (QED) is 0.569. The summed E-state index contributed by atoms with van der Waals surface area (Å²) in [7, 11) is 3.61. The summed E-state index contributed by atoms with van der Waals surface area (Å²) in [6.45, 7) is 0. The summed E-state index contributed by atoms with van der Waals surface area (Å²) in [6.07, 6.45) is 8.19. The molecule has 2 aromatic rings. The van der Waals surface area contributed by atoms with Crippen LogP contribution in [0.5, 0.6) is 0 Å². The number of aryl methyl sites for hydroxylation is 2. The van der Waals surface area contributed by atoms with Crippen LogP contribution in [0.4, 0.5) is 0 Å². The number of allylic oxidation sites excluding steroid dienone is 1. The van der Waals surface area contributed by atoms with Crippen LogP contribution in [0.15, 0.2) is 30.7 Å². The van der Waals surface area contributed by atoms with Crippen molar-refractivity contribution in [1.82, 2.24) is 19.6 Å². The molecule has 0 unspecified atom stereocenters. The van der Waals surface area contributed by atoms with Gasteiger partial charge in [0.1, 0.15) is 0 Å². The molecule has 0 amide bonds. The summed E-state index contributed by atoms with van der Waals surface area (Å²) >= 11 is 0. The zero-order valence-electron chi connectivity index (χ0n) is 9.16. The minimum Gasteiger partial charge on any atom is -0.289 e. The molecule has 0 spiro atoms. The van der Waals surface area contributed by atoms with Gasteiger partial charge in [-0.3, -0.25) is 14.2 Å². The normalized spacial score (nSPS) is 11.1.